The van der Waals surface area contributed by atoms with Crippen LogP contribution in [0, 0.1) is 11.7 Å². The van der Waals surface area contributed by atoms with E-state index in [9.17, 15) is 9.18 Å². The second-order valence-corrected chi connectivity index (χ2v) is 6.94. The molecule has 1 aromatic carbocycles. The highest BCUT2D eigenvalue weighted by molar-refractivity contribution is 14.0. The van der Waals surface area contributed by atoms with Crippen LogP contribution in [0.3, 0.4) is 0 Å². The van der Waals surface area contributed by atoms with Crippen molar-refractivity contribution in [3.05, 3.63) is 58.0 Å². The maximum absolute atomic E-state index is 13.0. The molecule has 0 aliphatic rings. The highest BCUT2D eigenvalue weighted by atomic mass is 127. The zero-order valence-corrected chi connectivity index (χ0v) is 18.4. The summed E-state index contributed by atoms with van der Waals surface area (Å²) in [5.41, 5.74) is 6.38. The number of primary amides is 1. The summed E-state index contributed by atoms with van der Waals surface area (Å²) in [4.78, 5) is 17.5. The summed E-state index contributed by atoms with van der Waals surface area (Å²) in [5, 5.41) is 8.49. The number of rotatable bonds is 9. The largest absolute Gasteiger partial charge is 0.369 e. The number of aliphatic imine (C=N–C) groups is 1. The quantitative estimate of drug-likeness (QED) is 0.279. The molecular weight excluding hydrogens is 478 g/mol. The van der Waals surface area contributed by atoms with Crippen molar-refractivity contribution in [1.29, 1.82) is 0 Å². The lowest BCUT2D eigenvalue weighted by molar-refractivity contribution is -0.121. The Morgan fingerprint density at radius 1 is 1.26 bits per heavy atom. The Kier molecular flexibility index (Phi) is 11.0. The number of hydrogen-bond acceptors (Lipinski definition) is 3. The summed E-state index contributed by atoms with van der Waals surface area (Å²) in [6.07, 6.45) is 1.35. The first-order valence-electron chi connectivity index (χ1n) is 8.66. The molecule has 0 fully saturated rings. The van der Waals surface area contributed by atoms with E-state index in [2.05, 4.69) is 27.1 Å². The molecule has 1 heterocycles. The van der Waals surface area contributed by atoms with Crippen LogP contribution in [0.15, 0.2) is 46.8 Å². The highest BCUT2D eigenvalue weighted by Crippen LogP contribution is 2.11. The molecule has 2 rings (SSSR count). The number of guanidine groups is 1. The van der Waals surface area contributed by atoms with Crippen molar-refractivity contribution >= 4 is 47.2 Å². The van der Waals surface area contributed by atoms with Crippen molar-refractivity contribution in [3.8, 4) is 0 Å². The normalized spacial score (nSPS) is 12.1. The van der Waals surface area contributed by atoms with E-state index in [0.717, 1.165) is 25.1 Å². The second kappa shape index (κ2) is 12.7. The monoisotopic (exact) mass is 504 g/mol. The molecule has 0 aliphatic carbocycles. The molecule has 0 aliphatic heterocycles. The van der Waals surface area contributed by atoms with Gasteiger partial charge in [-0.05, 0) is 48.9 Å². The summed E-state index contributed by atoms with van der Waals surface area (Å²) in [5.74, 6) is -0.484. The summed E-state index contributed by atoms with van der Waals surface area (Å²) >= 11 is 1.72. The molecule has 8 heteroatoms. The first kappa shape index (κ1) is 23.4. The average Bonchev–Trinajstić information content (AvgIpc) is 3.13. The van der Waals surface area contributed by atoms with Crippen LogP contribution in [0.25, 0.3) is 0 Å². The van der Waals surface area contributed by atoms with Gasteiger partial charge in [0.05, 0.1) is 12.5 Å². The van der Waals surface area contributed by atoms with Gasteiger partial charge in [0.2, 0.25) is 5.91 Å². The van der Waals surface area contributed by atoms with E-state index in [1.54, 1.807) is 23.5 Å². The van der Waals surface area contributed by atoms with Crippen LogP contribution in [-0.4, -0.2) is 31.5 Å². The smallest absolute Gasteiger partial charge is 0.222 e. The number of nitrogens with one attached hydrogen (secondary N) is 2. The Hall–Kier alpha value is -1.68. The molecule has 148 valence electrons. The van der Waals surface area contributed by atoms with Gasteiger partial charge in [-0.25, -0.2) is 4.39 Å². The summed E-state index contributed by atoms with van der Waals surface area (Å²) in [6, 6.07) is 10.2. The number of nitrogens with zero attached hydrogens (tertiary/aromatic N) is 1. The third-order valence-corrected chi connectivity index (χ3v) is 4.79. The first-order valence-corrected chi connectivity index (χ1v) is 9.54. The highest BCUT2D eigenvalue weighted by Gasteiger charge is 2.16. The van der Waals surface area contributed by atoms with Crippen molar-refractivity contribution < 1.29 is 9.18 Å². The lowest BCUT2D eigenvalue weighted by atomic mass is 9.99. The van der Waals surface area contributed by atoms with Crippen molar-refractivity contribution in [2.45, 2.75) is 19.8 Å². The predicted molar refractivity (Wildman–Crippen MR) is 120 cm³/mol. The number of nitrogens with two attached hydrogens (primary N) is 1. The van der Waals surface area contributed by atoms with Crippen LogP contribution in [0.5, 0.6) is 0 Å². The third kappa shape index (κ3) is 8.70. The molecule has 5 nitrogen and oxygen atoms in total. The molecule has 0 spiro atoms. The number of hydrogen-bond donors (Lipinski definition) is 3. The average molecular weight is 504 g/mol. The van der Waals surface area contributed by atoms with Gasteiger partial charge in [-0.2, -0.15) is 0 Å². The number of halogens is 2. The zero-order chi connectivity index (χ0) is 18.8. The zero-order valence-electron chi connectivity index (χ0n) is 15.3. The van der Waals surface area contributed by atoms with Gasteiger partial charge in [-0.1, -0.05) is 18.2 Å². The van der Waals surface area contributed by atoms with Gasteiger partial charge in [0.25, 0.3) is 0 Å². The number of carbonyl (C=O) groups is 1. The minimum atomic E-state index is -0.437. The predicted octanol–water partition coefficient (Wildman–Crippen LogP) is 2.95. The third-order valence-electron chi connectivity index (χ3n) is 3.86. The minimum Gasteiger partial charge on any atom is -0.369 e. The first-order chi connectivity index (χ1) is 12.6. The molecule has 0 saturated heterocycles. The number of thiophene rings is 1. The molecule has 1 unspecified atom stereocenters. The van der Waals surface area contributed by atoms with Crippen LogP contribution in [0.4, 0.5) is 4.39 Å². The van der Waals surface area contributed by atoms with Gasteiger partial charge in [0.1, 0.15) is 5.82 Å². The standard InChI is InChI=1S/C19H25FN4OS.HI/c1-2-22-19(23-10-9-17-4-3-11-26-17)24-13-15(18(21)25)12-14-5-7-16(20)8-6-14;/h3-8,11,15H,2,9-10,12-13H2,1H3,(H2,21,25)(H2,22,23,24);1H. The molecule has 1 atom stereocenters. The second-order valence-electron chi connectivity index (χ2n) is 5.91. The Balaban J connectivity index is 0.00000364. The fraction of sp³-hybridized carbons (Fsp3) is 0.368. The van der Waals surface area contributed by atoms with E-state index < -0.39 is 11.8 Å². The molecule has 1 amide bonds. The van der Waals surface area contributed by atoms with E-state index in [1.165, 1.54) is 17.0 Å². The van der Waals surface area contributed by atoms with E-state index in [-0.39, 0.29) is 36.3 Å². The maximum Gasteiger partial charge on any atom is 0.222 e. The van der Waals surface area contributed by atoms with E-state index in [4.69, 9.17) is 5.73 Å². The summed E-state index contributed by atoms with van der Waals surface area (Å²) in [7, 11) is 0. The van der Waals surface area contributed by atoms with Crippen molar-refractivity contribution in [1.82, 2.24) is 10.6 Å². The number of carbonyl (C=O) groups excluding carboxylic acids is 1. The lowest BCUT2D eigenvalue weighted by Gasteiger charge is -2.14. The Morgan fingerprint density at radius 2 is 2.00 bits per heavy atom. The molecule has 0 saturated carbocycles. The van der Waals surface area contributed by atoms with E-state index in [1.807, 2.05) is 13.0 Å². The molecular formula is C19H26FIN4OS. The fourth-order valence-electron chi connectivity index (χ4n) is 2.46. The van der Waals surface area contributed by atoms with Gasteiger partial charge in [-0.15, -0.1) is 35.3 Å². The molecule has 0 bridgehead atoms. The van der Waals surface area contributed by atoms with Gasteiger partial charge in [0, 0.05) is 18.0 Å². The number of benzene rings is 1. The minimum absolute atomic E-state index is 0. The molecule has 4 N–H and O–H groups in total. The summed E-state index contributed by atoms with van der Waals surface area (Å²) in [6.45, 7) is 3.75. The fourth-order valence-corrected chi connectivity index (χ4v) is 3.17. The van der Waals surface area contributed by atoms with Crippen LogP contribution in [-0.2, 0) is 17.6 Å². The van der Waals surface area contributed by atoms with Crippen LogP contribution < -0.4 is 16.4 Å². The Bertz CT molecular complexity index is 707. The molecule has 2 aromatic rings. The van der Waals surface area contributed by atoms with Gasteiger partial charge < -0.3 is 16.4 Å². The summed E-state index contributed by atoms with van der Waals surface area (Å²) < 4.78 is 13.0. The van der Waals surface area contributed by atoms with Crippen molar-refractivity contribution in [2.24, 2.45) is 16.6 Å². The van der Waals surface area contributed by atoms with Crippen molar-refractivity contribution in [3.63, 3.8) is 0 Å². The Morgan fingerprint density at radius 3 is 2.59 bits per heavy atom. The van der Waals surface area contributed by atoms with Gasteiger partial charge >= 0.3 is 0 Å². The van der Waals surface area contributed by atoms with E-state index >= 15 is 0 Å². The van der Waals surface area contributed by atoms with Crippen molar-refractivity contribution in [2.75, 3.05) is 19.6 Å². The van der Waals surface area contributed by atoms with Crippen LogP contribution in [0.2, 0.25) is 0 Å². The Labute approximate surface area is 180 Å². The maximum atomic E-state index is 13.0. The molecule has 0 radical (unpaired) electrons. The van der Waals surface area contributed by atoms with E-state index in [0.29, 0.717) is 12.4 Å². The SMILES string of the molecule is CCNC(=NCC(Cc1ccc(F)cc1)C(N)=O)NCCc1cccs1.I. The van der Waals surface area contributed by atoms with Crippen LogP contribution >= 0.6 is 35.3 Å². The lowest BCUT2D eigenvalue weighted by Crippen LogP contribution is -2.39. The molecule has 27 heavy (non-hydrogen) atoms. The van der Waals surface area contributed by atoms with Gasteiger partial charge in [-0.3, -0.25) is 9.79 Å². The topological polar surface area (TPSA) is 79.5 Å². The number of amides is 1. The van der Waals surface area contributed by atoms with Crippen LogP contribution in [0.1, 0.15) is 17.4 Å². The molecule has 1 aromatic heterocycles. The van der Waals surface area contributed by atoms with Gasteiger partial charge in [0.15, 0.2) is 5.96 Å².